The van der Waals surface area contributed by atoms with Gasteiger partial charge in [-0.3, -0.25) is 0 Å². The van der Waals surface area contributed by atoms with Crippen molar-refractivity contribution in [3.8, 4) is 0 Å². The SMILES string of the molecule is CC1CCC(C)C(Nc2ccc(Cl)c(Cl)c2)C1. The van der Waals surface area contributed by atoms with Crippen LogP contribution in [0.3, 0.4) is 0 Å². The van der Waals surface area contributed by atoms with Gasteiger partial charge in [-0.05, 0) is 42.9 Å². The predicted molar refractivity (Wildman–Crippen MR) is 76.1 cm³/mol. The molecular formula is C14H19Cl2N. The third-order valence-electron chi connectivity index (χ3n) is 3.73. The molecule has 0 amide bonds. The number of rotatable bonds is 2. The van der Waals surface area contributed by atoms with Gasteiger partial charge in [-0.1, -0.05) is 43.5 Å². The Morgan fingerprint density at radius 1 is 1.12 bits per heavy atom. The van der Waals surface area contributed by atoms with Crippen molar-refractivity contribution in [1.29, 1.82) is 0 Å². The second-order valence-electron chi connectivity index (χ2n) is 5.28. The van der Waals surface area contributed by atoms with Crippen LogP contribution in [0.15, 0.2) is 18.2 Å². The number of hydrogen-bond acceptors (Lipinski definition) is 1. The lowest BCUT2D eigenvalue weighted by Crippen LogP contribution is -2.33. The van der Waals surface area contributed by atoms with E-state index in [0.717, 1.165) is 17.5 Å². The third-order valence-corrected chi connectivity index (χ3v) is 4.47. The fraction of sp³-hybridized carbons (Fsp3) is 0.571. The van der Waals surface area contributed by atoms with Gasteiger partial charge in [0.25, 0.3) is 0 Å². The monoisotopic (exact) mass is 271 g/mol. The van der Waals surface area contributed by atoms with Gasteiger partial charge in [-0.2, -0.15) is 0 Å². The molecule has 2 rings (SSSR count). The topological polar surface area (TPSA) is 12.0 Å². The largest absolute Gasteiger partial charge is 0.382 e. The van der Waals surface area contributed by atoms with Crippen molar-refractivity contribution in [3.05, 3.63) is 28.2 Å². The van der Waals surface area contributed by atoms with E-state index in [1.165, 1.54) is 19.3 Å². The van der Waals surface area contributed by atoms with Gasteiger partial charge in [0.1, 0.15) is 0 Å². The first kappa shape index (κ1) is 13.0. The van der Waals surface area contributed by atoms with Gasteiger partial charge in [0.15, 0.2) is 0 Å². The molecule has 0 bridgehead atoms. The molecule has 1 nitrogen and oxygen atoms in total. The molecule has 0 radical (unpaired) electrons. The fourth-order valence-electron chi connectivity index (χ4n) is 2.53. The van der Waals surface area contributed by atoms with Gasteiger partial charge in [0, 0.05) is 11.7 Å². The fourth-order valence-corrected chi connectivity index (χ4v) is 2.83. The number of benzene rings is 1. The van der Waals surface area contributed by atoms with Crippen molar-refractivity contribution >= 4 is 28.9 Å². The summed E-state index contributed by atoms with van der Waals surface area (Å²) < 4.78 is 0. The van der Waals surface area contributed by atoms with Crippen molar-refractivity contribution in [2.45, 2.75) is 39.2 Å². The van der Waals surface area contributed by atoms with Gasteiger partial charge in [-0.25, -0.2) is 0 Å². The highest BCUT2D eigenvalue weighted by Gasteiger charge is 2.25. The van der Waals surface area contributed by atoms with E-state index in [9.17, 15) is 0 Å². The molecule has 3 heteroatoms. The first-order valence-electron chi connectivity index (χ1n) is 6.28. The highest BCUT2D eigenvalue weighted by Crippen LogP contribution is 2.32. The van der Waals surface area contributed by atoms with Crippen LogP contribution >= 0.6 is 23.2 Å². The van der Waals surface area contributed by atoms with Crippen LogP contribution in [0.2, 0.25) is 10.0 Å². The normalized spacial score (nSPS) is 29.1. The molecule has 0 spiro atoms. The Labute approximate surface area is 114 Å². The maximum Gasteiger partial charge on any atom is 0.0612 e. The van der Waals surface area contributed by atoms with Gasteiger partial charge in [0.05, 0.1) is 10.0 Å². The van der Waals surface area contributed by atoms with Gasteiger partial charge >= 0.3 is 0 Å². The lowest BCUT2D eigenvalue weighted by atomic mass is 9.80. The molecule has 94 valence electrons. The highest BCUT2D eigenvalue weighted by atomic mass is 35.5. The van der Waals surface area contributed by atoms with Crippen LogP contribution in [0.1, 0.15) is 33.1 Å². The summed E-state index contributed by atoms with van der Waals surface area (Å²) in [6, 6.07) is 6.31. The molecule has 3 atom stereocenters. The average Bonchev–Trinajstić information content (AvgIpc) is 2.29. The summed E-state index contributed by atoms with van der Waals surface area (Å²) in [6.45, 7) is 4.65. The standard InChI is InChI=1S/C14H19Cl2N/c1-9-3-4-10(2)14(7-9)17-11-5-6-12(15)13(16)8-11/h5-6,8-10,14,17H,3-4,7H2,1-2H3. The second kappa shape index (κ2) is 5.49. The molecule has 1 aromatic carbocycles. The minimum atomic E-state index is 0.552. The maximum absolute atomic E-state index is 6.02. The summed E-state index contributed by atoms with van der Waals surface area (Å²) in [5.74, 6) is 1.53. The third kappa shape index (κ3) is 3.29. The molecule has 1 aliphatic carbocycles. The van der Waals surface area contributed by atoms with E-state index in [1.54, 1.807) is 0 Å². The average molecular weight is 272 g/mol. The molecule has 1 saturated carbocycles. The van der Waals surface area contributed by atoms with Crippen LogP contribution < -0.4 is 5.32 Å². The lowest BCUT2D eigenvalue weighted by molar-refractivity contribution is 0.281. The second-order valence-corrected chi connectivity index (χ2v) is 6.09. The smallest absolute Gasteiger partial charge is 0.0612 e. The van der Waals surface area contributed by atoms with E-state index < -0.39 is 0 Å². The molecule has 1 aromatic rings. The Balaban J connectivity index is 2.06. The van der Waals surface area contributed by atoms with Gasteiger partial charge in [-0.15, -0.1) is 0 Å². The van der Waals surface area contributed by atoms with E-state index in [2.05, 4.69) is 19.2 Å². The maximum atomic E-state index is 6.02. The number of anilines is 1. The molecule has 1 aliphatic rings. The van der Waals surface area contributed by atoms with E-state index in [1.807, 2.05) is 18.2 Å². The van der Waals surface area contributed by atoms with E-state index >= 15 is 0 Å². The molecule has 17 heavy (non-hydrogen) atoms. The van der Waals surface area contributed by atoms with Crippen LogP contribution in [0.25, 0.3) is 0 Å². The van der Waals surface area contributed by atoms with E-state index in [4.69, 9.17) is 23.2 Å². The van der Waals surface area contributed by atoms with Crippen molar-refractivity contribution < 1.29 is 0 Å². The number of nitrogens with one attached hydrogen (secondary N) is 1. The van der Waals surface area contributed by atoms with Crippen molar-refractivity contribution in [3.63, 3.8) is 0 Å². The minimum Gasteiger partial charge on any atom is -0.382 e. The number of halogens is 2. The van der Waals surface area contributed by atoms with Crippen molar-refractivity contribution in [2.24, 2.45) is 11.8 Å². The molecule has 0 aliphatic heterocycles. The lowest BCUT2D eigenvalue weighted by Gasteiger charge is -2.34. The van der Waals surface area contributed by atoms with Crippen LogP contribution in [-0.2, 0) is 0 Å². The Morgan fingerprint density at radius 3 is 2.59 bits per heavy atom. The summed E-state index contributed by atoms with van der Waals surface area (Å²) in [5.41, 5.74) is 1.07. The molecule has 1 fully saturated rings. The van der Waals surface area contributed by atoms with Crippen LogP contribution in [-0.4, -0.2) is 6.04 Å². The molecular weight excluding hydrogens is 253 g/mol. The van der Waals surface area contributed by atoms with E-state index in [0.29, 0.717) is 16.1 Å². The number of hydrogen-bond donors (Lipinski definition) is 1. The highest BCUT2D eigenvalue weighted by molar-refractivity contribution is 6.42. The Kier molecular flexibility index (Phi) is 4.22. The summed E-state index contributed by atoms with van der Waals surface area (Å²) in [4.78, 5) is 0. The predicted octanol–water partition coefficient (Wildman–Crippen LogP) is 5.23. The summed E-state index contributed by atoms with van der Waals surface area (Å²) >= 11 is 11.9. The molecule has 3 unspecified atom stereocenters. The Hall–Kier alpha value is -0.400. The van der Waals surface area contributed by atoms with Gasteiger partial charge < -0.3 is 5.32 Å². The molecule has 1 N–H and O–H groups in total. The quantitative estimate of drug-likeness (QED) is 0.777. The van der Waals surface area contributed by atoms with E-state index in [-0.39, 0.29) is 0 Å². The van der Waals surface area contributed by atoms with Crippen LogP contribution in [0.5, 0.6) is 0 Å². The Bertz CT molecular complexity index is 392. The van der Waals surface area contributed by atoms with Crippen molar-refractivity contribution in [2.75, 3.05) is 5.32 Å². The van der Waals surface area contributed by atoms with Crippen LogP contribution in [0.4, 0.5) is 5.69 Å². The summed E-state index contributed by atoms with van der Waals surface area (Å²) in [6.07, 6.45) is 3.89. The summed E-state index contributed by atoms with van der Waals surface area (Å²) in [7, 11) is 0. The summed E-state index contributed by atoms with van der Waals surface area (Å²) in [5, 5.41) is 4.82. The molecule has 0 heterocycles. The first-order chi connectivity index (χ1) is 8.06. The van der Waals surface area contributed by atoms with Crippen molar-refractivity contribution in [1.82, 2.24) is 0 Å². The molecule has 0 aromatic heterocycles. The zero-order valence-electron chi connectivity index (χ0n) is 10.3. The minimum absolute atomic E-state index is 0.552. The Morgan fingerprint density at radius 2 is 1.88 bits per heavy atom. The zero-order valence-corrected chi connectivity index (χ0v) is 11.9. The first-order valence-corrected chi connectivity index (χ1v) is 7.03. The zero-order chi connectivity index (χ0) is 12.4. The van der Waals surface area contributed by atoms with Gasteiger partial charge in [0.2, 0.25) is 0 Å². The van der Waals surface area contributed by atoms with Crippen LogP contribution in [0, 0.1) is 11.8 Å². The molecule has 0 saturated heterocycles.